The summed E-state index contributed by atoms with van der Waals surface area (Å²) in [6, 6.07) is 2.58. The summed E-state index contributed by atoms with van der Waals surface area (Å²) in [6.45, 7) is 0.192. The topological polar surface area (TPSA) is 90.7 Å². The molecule has 1 saturated carbocycles. The predicted octanol–water partition coefficient (Wildman–Crippen LogP) is 1.37. The molecule has 0 saturated heterocycles. The third kappa shape index (κ3) is 3.79. The van der Waals surface area contributed by atoms with Gasteiger partial charge in [-0.25, -0.2) is 13.1 Å². The molecule has 21 heavy (non-hydrogen) atoms. The van der Waals surface area contributed by atoms with E-state index in [9.17, 15) is 8.42 Å². The second-order valence-electron chi connectivity index (χ2n) is 4.99. The standard InChI is InChI=1S/C13H19ClN2O4S/c1-19-11-5-9(14)13(6-12(11)20-2)21(17,18)16-7-10(15)8-3-4-8/h5-6,8,10,16H,3-4,7,15H2,1-2H3. The molecule has 1 atom stereocenters. The molecule has 1 aliphatic carbocycles. The number of ether oxygens (including phenoxy) is 2. The van der Waals surface area contributed by atoms with Crippen LogP contribution in [0.3, 0.4) is 0 Å². The minimum absolute atomic E-state index is 0.0511. The van der Waals surface area contributed by atoms with Crippen molar-refractivity contribution in [1.82, 2.24) is 4.72 Å². The van der Waals surface area contributed by atoms with Crippen LogP contribution in [0.4, 0.5) is 0 Å². The Hall–Kier alpha value is -1.02. The number of rotatable bonds is 7. The largest absolute Gasteiger partial charge is 0.493 e. The van der Waals surface area contributed by atoms with Crippen LogP contribution in [0.25, 0.3) is 0 Å². The Bertz CT molecular complexity index is 617. The smallest absolute Gasteiger partial charge is 0.242 e. The number of hydrogen-bond donors (Lipinski definition) is 2. The molecule has 1 aromatic carbocycles. The Balaban J connectivity index is 2.22. The normalized spacial score (nSPS) is 16.6. The molecule has 0 radical (unpaired) electrons. The first-order valence-electron chi connectivity index (χ1n) is 6.55. The van der Waals surface area contributed by atoms with Crippen LogP contribution in [0, 0.1) is 5.92 Å². The molecule has 0 amide bonds. The van der Waals surface area contributed by atoms with Crippen LogP contribution in [-0.2, 0) is 10.0 Å². The monoisotopic (exact) mass is 334 g/mol. The van der Waals surface area contributed by atoms with Crippen molar-refractivity contribution in [3.05, 3.63) is 17.2 Å². The van der Waals surface area contributed by atoms with E-state index in [4.69, 9.17) is 26.8 Å². The first-order chi connectivity index (χ1) is 9.89. The van der Waals surface area contributed by atoms with E-state index in [1.807, 2.05) is 0 Å². The number of hydrogen-bond acceptors (Lipinski definition) is 5. The molecule has 0 aliphatic heterocycles. The molecule has 0 bridgehead atoms. The van der Waals surface area contributed by atoms with Crippen molar-refractivity contribution in [1.29, 1.82) is 0 Å². The molecule has 1 aliphatic rings. The zero-order valence-corrected chi connectivity index (χ0v) is 13.5. The van der Waals surface area contributed by atoms with Gasteiger partial charge in [0, 0.05) is 24.7 Å². The van der Waals surface area contributed by atoms with Gasteiger partial charge >= 0.3 is 0 Å². The SMILES string of the molecule is COc1cc(Cl)c(S(=O)(=O)NCC(N)C2CC2)cc1OC. The summed E-state index contributed by atoms with van der Waals surface area (Å²) in [5.74, 6) is 1.08. The number of halogens is 1. The van der Waals surface area contributed by atoms with Gasteiger partial charge in [-0.05, 0) is 18.8 Å². The van der Waals surface area contributed by atoms with Gasteiger partial charge in [-0.15, -0.1) is 0 Å². The third-order valence-electron chi connectivity index (χ3n) is 3.46. The van der Waals surface area contributed by atoms with Gasteiger partial charge in [0.25, 0.3) is 0 Å². The maximum atomic E-state index is 12.3. The van der Waals surface area contributed by atoms with Crippen LogP contribution in [-0.4, -0.2) is 35.2 Å². The number of nitrogens with one attached hydrogen (secondary N) is 1. The molecule has 8 heteroatoms. The molecule has 1 fully saturated rings. The van der Waals surface area contributed by atoms with E-state index in [1.165, 1.54) is 26.4 Å². The number of benzene rings is 1. The summed E-state index contributed by atoms with van der Waals surface area (Å²) in [5, 5.41) is 0.0696. The fourth-order valence-corrected chi connectivity index (χ4v) is 3.62. The van der Waals surface area contributed by atoms with E-state index < -0.39 is 10.0 Å². The molecular formula is C13H19ClN2O4S. The summed E-state index contributed by atoms with van der Waals surface area (Å²) in [7, 11) is -0.864. The lowest BCUT2D eigenvalue weighted by molar-refractivity contribution is 0.354. The number of nitrogens with two attached hydrogens (primary N) is 1. The summed E-state index contributed by atoms with van der Waals surface area (Å²) in [6.07, 6.45) is 2.11. The number of sulfonamides is 1. The van der Waals surface area contributed by atoms with Crippen molar-refractivity contribution in [3.63, 3.8) is 0 Å². The maximum Gasteiger partial charge on any atom is 0.242 e. The van der Waals surface area contributed by atoms with Crippen molar-refractivity contribution >= 4 is 21.6 Å². The zero-order valence-electron chi connectivity index (χ0n) is 11.9. The second-order valence-corrected chi connectivity index (χ2v) is 7.13. The molecule has 0 aromatic heterocycles. The van der Waals surface area contributed by atoms with Gasteiger partial charge in [0.1, 0.15) is 4.90 Å². The average molecular weight is 335 g/mol. The second kappa shape index (κ2) is 6.39. The summed E-state index contributed by atoms with van der Waals surface area (Å²) < 4.78 is 37.3. The van der Waals surface area contributed by atoms with Gasteiger partial charge in [-0.2, -0.15) is 0 Å². The summed E-state index contributed by atoms with van der Waals surface area (Å²) in [4.78, 5) is -0.0511. The van der Waals surface area contributed by atoms with Gasteiger partial charge < -0.3 is 15.2 Å². The highest BCUT2D eigenvalue weighted by Crippen LogP contribution is 2.35. The van der Waals surface area contributed by atoms with Crippen molar-refractivity contribution in [3.8, 4) is 11.5 Å². The van der Waals surface area contributed by atoms with Crippen molar-refractivity contribution < 1.29 is 17.9 Å². The molecule has 6 nitrogen and oxygen atoms in total. The van der Waals surface area contributed by atoms with Crippen LogP contribution >= 0.6 is 11.6 Å². The van der Waals surface area contributed by atoms with Gasteiger partial charge in [0.05, 0.1) is 19.2 Å². The van der Waals surface area contributed by atoms with Crippen molar-refractivity contribution in [2.24, 2.45) is 11.7 Å². The van der Waals surface area contributed by atoms with Crippen molar-refractivity contribution in [2.75, 3.05) is 20.8 Å². The molecule has 118 valence electrons. The minimum Gasteiger partial charge on any atom is -0.493 e. The third-order valence-corrected chi connectivity index (χ3v) is 5.35. The van der Waals surface area contributed by atoms with Crippen LogP contribution < -0.4 is 19.9 Å². The molecule has 3 N–H and O–H groups in total. The highest BCUT2D eigenvalue weighted by molar-refractivity contribution is 7.89. The van der Waals surface area contributed by atoms with Crippen LogP contribution in [0.5, 0.6) is 11.5 Å². The molecule has 0 spiro atoms. The van der Waals surface area contributed by atoms with E-state index in [1.54, 1.807) is 0 Å². The van der Waals surface area contributed by atoms with Crippen LogP contribution in [0.15, 0.2) is 17.0 Å². The fraction of sp³-hybridized carbons (Fsp3) is 0.538. The van der Waals surface area contributed by atoms with E-state index in [2.05, 4.69) is 4.72 Å². The first kappa shape index (κ1) is 16.4. The van der Waals surface area contributed by atoms with E-state index in [-0.39, 0.29) is 22.5 Å². The molecule has 1 unspecified atom stereocenters. The lowest BCUT2D eigenvalue weighted by Gasteiger charge is -2.15. The minimum atomic E-state index is -3.75. The van der Waals surface area contributed by atoms with Gasteiger partial charge in [-0.1, -0.05) is 11.6 Å². The quantitative estimate of drug-likeness (QED) is 0.786. The lowest BCUT2D eigenvalue weighted by atomic mass is 10.2. The number of methoxy groups -OCH3 is 2. The highest BCUT2D eigenvalue weighted by atomic mass is 35.5. The molecular weight excluding hydrogens is 316 g/mol. The van der Waals surface area contributed by atoms with E-state index in [0.717, 1.165) is 12.8 Å². The Morgan fingerprint density at radius 1 is 1.33 bits per heavy atom. The van der Waals surface area contributed by atoms with Crippen LogP contribution in [0.2, 0.25) is 5.02 Å². The highest BCUT2D eigenvalue weighted by Gasteiger charge is 2.30. The van der Waals surface area contributed by atoms with E-state index >= 15 is 0 Å². The average Bonchev–Trinajstić information content (AvgIpc) is 3.28. The van der Waals surface area contributed by atoms with Gasteiger partial charge in [-0.3, -0.25) is 0 Å². The Labute approximate surface area is 129 Å². The molecule has 2 rings (SSSR count). The predicted molar refractivity (Wildman–Crippen MR) is 80.4 cm³/mol. The summed E-state index contributed by atoms with van der Waals surface area (Å²) >= 11 is 6.03. The van der Waals surface area contributed by atoms with Crippen LogP contribution in [0.1, 0.15) is 12.8 Å². The maximum absolute atomic E-state index is 12.3. The van der Waals surface area contributed by atoms with Gasteiger partial charge in [0.2, 0.25) is 10.0 Å². The fourth-order valence-electron chi connectivity index (χ4n) is 2.02. The Morgan fingerprint density at radius 2 is 1.90 bits per heavy atom. The summed E-state index contributed by atoms with van der Waals surface area (Å²) in [5.41, 5.74) is 5.90. The Kier molecular flexibility index (Phi) is 4.98. The zero-order chi connectivity index (χ0) is 15.6. The molecule has 1 aromatic rings. The molecule has 0 heterocycles. The lowest BCUT2D eigenvalue weighted by Crippen LogP contribution is -2.38. The van der Waals surface area contributed by atoms with E-state index in [0.29, 0.717) is 17.4 Å². The van der Waals surface area contributed by atoms with Crippen molar-refractivity contribution in [2.45, 2.75) is 23.8 Å². The Morgan fingerprint density at radius 3 is 2.43 bits per heavy atom. The van der Waals surface area contributed by atoms with Gasteiger partial charge in [0.15, 0.2) is 11.5 Å². The first-order valence-corrected chi connectivity index (χ1v) is 8.42.